The second-order valence-electron chi connectivity index (χ2n) is 8.68. The topological polar surface area (TPSA) is 90.7 Å². The predicted octanol–water partition coefficient (Wildman–Crippen LogP) is 6.80. The summed E-state index contributed by atoms with van der Waals surface area (Å²) in [6.45, 7) is 2.31. The van der Waals surface area contributed by atoms with Crippen molar-refractivity contribution in [2.24, 2.45) is 5.73 Å². The van der Waals surface area contributed by atoms with E-state index in [1.165, 1.54) is 31.2 Å². The molecular formula is C29H33BrN2O4. The van der Waals surface area contributed by atoms with Gasteiger partial charge in [0.1, 0.15) is 12.4 Å². The Morgan fingerprint density at radius 1 is 0.917 bits per heavy atom. The third-order valence-corrected chi connectivity index (χ3v) is 6.53. The number of halogens is 1. The number of ether oxygens (including phenoxy) is 2. The first-order valence-corrected chi connectivity index (χ1v) is 13.1. The lowest BCUT2D eigenvalue weighted by molar-refractivity contribution is -0.117. The largest absolute Gasteiger partial charge is 0.514 e. The van der Waals surface area contributed by atoms with E-state index in [4.69, 9.17) is 15.2 Å². The molecule has 3 rings (SSSR count). The Hall–Kier alpha value is -3.16. The normalized spacial score (nSPS) is 11.5. The molecule has 0 aromatic heterocycles. The molecule has 1 atom stereocenters. The highest BCUT2D eigenvalue weighted by Gasteiger charge is 2.15. The first-order chi connectivity index (χ1) is 17.4. The van der Waals surface area contributed by atoms with Gasteiger partial charge in [-0.25, -0.2) is 4.79 Å². The Labute approximate surface area is 221 Å². The van der Waals surface area contributed by atoms with Gasteiger partial charge in [0, 0.05) is 15.7 Å². The van der Waals surface area contributed by atoms with Gasteiger partial charge in [-0.3, -0.25) is 4.79 Å². The van der Waals surface area contributed by atoms with Crippen LogP contribution in [0.2, 0.25) is 0 Å². The maximum Gasteiger partial charge on any atom is 0.514 e. The molecule has 36 heavy (non-hydrogen) atoms. The van der Waals surface area contributed by atoms with Crippen LogP contribution >= 0.6 is 15.9 Å². The zero-order valence-corrected chi connectivity index (χ0v) is 22.1. The van der Waals surface area contributed by atoms with Crippen molar-refractivity contribution in [3.63, 3.8) is 0 Å². The van der Waals surface area contributed by atoms with Crippen LogP contribution in [0.25, 0.3) is 0 Å². The molecule has 0 fully saturated rings. The van der Waals surface area contributed by atoms with Crippen LogP contribution in [-0.4, -0.2) is 18.1 Å². The molecule has 0 aliphatic carbocycles. The van der Waals surface area contributed by atoms with E-state index in [9.17, 15) is 9.59 Å². The smallest absolute Gasteiger partial charge is 0.429 e. The Balaban J connectivity index is 1.42. The number of benzene rings is 3. The molecule has 1 amide bonds. The molecule has 3 aromatic rings. The molecule has 0 bridgehead atoms. The molecule has 3 N–H and O–H groups in total. The summed E-state index contributed by atoms with van der Waals surface area (Å²) in [5.74, 6) is 0.102. The molecule has 0 aliphatic heterocycles. The minimum atomic E-state index is -0.790. The molecule has 0 aliphatic rings. The van der Waals surface area contributed by atoms with Gasteiger partial charge in [-0.2, -0.15) is 0 Å². The third-order valence-electron chi connectivity index (χ3n) is 5.76. The zero-order chi connectivity index (χ0) is 25.8. The maximum atomic E-state index is 12.5. The molecule has 0 saturated carbocycles. The van der Waals surface area contributed by atoms with Gasteiger partial charge in [0.05, 0.1) is 6.04 Å². The van der Waals surface area contributed by atoms with Crippen LogP contribution in [0.15, 0.2) is 77.3 Å². The second-order valence-corrected chi connectivity index (χ2v) is 9.54. The van der Waals surface area contributed by atoms with Crippen molar-refractivity contribution >= 4 is 33.7 Å². The van der Waals surface area contributed by atoms with Crippen LogP contribution in [0.5, 0.6) is 5.75 Å². The average Bonchev–Trinajstić information content (AvgIpc) is 2.88. The number of unbranched alkanes of at least 4 members (excludes halogenated alkanes) is 3. The van der Waals surface area contributed by atoms with Crippen LogP contribution in [0.3, 0.4) is 0 Å². The number of amides is 1. The fourth-order valence-electron chi connectivity index (χ4n) is 3.66. The van der Waals surface area contributed by atoms with Crippen molar-refractivity contribution in [2.45, 2.75) is 58.1 Å². The van der Waals surface area contributed by atoms with Gasteiger partial charge in [-0.1, -0.05) is 84.6 Å². The quantitative estimate of drug-likeness (QED) is 0.146. The lowest BCUT2D eigenvalue weighted by Crippen LogP contribution is -2.37. The third kappa shape index (κ3) is 9.13. The van der Waals surface area contributed by atoms with Gasteiger partial charge >= 0.3 is 6.16 Å². The highest BCUT2D eigenvalue weighted by Crippen LogP contribution is 2.19. The van der Waals surface area contributed by atoms with Crippen molar-refractivity contribution < 1.29 is 19.1 Å². The Kier molecular flexibility index (Phi) is 11.0. The number of nitrogens with one attached hydrogen (secondary N) is 1. The molecule has 7 heteroatoms. The Morgan fingerprint density at radius 2 is 1.61 bits per heavy atom. The van der Waals surface area contributed by atoms with Gasteiger partial charge in [0.25, 0.3) is 0 Å². The molecule has 0 heterocycles. The Morgan fingerprint density at radius 3 is 2.31 bits per heavy atom. The lowest BCUT2D eigenvalue weighted by atomic mass is 10.0. The van der Waals surface area contributed by atoms with Crippen molar-refractivity contribution in [1.29, 1.82) is 0 Å². The number of carbonyl (C=O) groups excluding carboxylic acids is 2. The van der Waals surface area contributed by atoms with Crippen LogP contribution in [0, 0.1) is 0 Å². The van der Waals surface area contributed by atoms with E-state index in [-0.39, 0.29) is 12.5 Å². The molecule has 190 valence electrons. The fourth-order valence-corrected chi connectivity index (χ4v) is 4.06. The number of aryl methyl sites for hydroxylation is 1. The number of nitrogens with two attached hydrogens (primary N) is 1. The minimum Gasteiger partial charge on any atom is -0.429 e. The number of hydrogen-bond donors (Lipinski definition) is 2. The van der Waals surface area contributed by atoms with Gasteiger partial charge in [-0.15, -0.1) is 0 Å². The summed E-state index contributed by atoms with van der Waals surface area (Å²) in [5.41, 5.74) is 9.83. The number of hydrogen-bond acceptors (Lipinski definition) is 5. The average molecular weight is 553 g/mol. The lowest BCUT2D eigenvalue weighted by Gasteiger charge is -2.13. The fraction of sp³-hybridized carbons (Fsp3) is 0.310. The molecule has 6 nitrogen and oxygen atoms in total. The van der Waals surface area contributed by atoms with Crippen molar-refractivity contribution in [3.05, 3.63) is 94.0 Å². The molecule has 0 unspecified atom stereocenters. The number of rotatable bonds is 12. The van der Waals surface area contributed by atoms with E-state index in [1.54, 1.807) is 24.3 Å². The highest BCUT2D eigenvalue weighted by atomic mass is 79.9. The SMILES string of the molecule is CCCCCCc1ccc(NC(=O)[C@@H](N)Cc2ccc(OC(=O)OCc3ccccc3Br)cc2)cc1. The summed E-state index contributed by atoms with van der Waals surface area (Å²) in [4.78, 5) is 24.5. The molecule has 0 radical (unpaired) electrons. The van der Waals surface area contributed by atoms with Crippen LogP contribution in [0.1, 0.15) is 49.3 Å². The predicted molar refractivity (Wildman–Crippen MR) is 146 cm³/mol. The van der Waals surface area contributed by atoms with Crippen molar-refractivity contribution in [1.82, 2.24) is 0 Å². The van der Waals surface area contributed by atoms with Gasteiger partial charge in [0.15, 0.2) is 0 Å². The summed E-state index contributed by atoms with van der Waals surface area (Å²) >= 11 is 3.41. The van der Waals surface area contributed by atoms with Crippen molar-refractivity contribution in [3.8, 4) is 5.75 Å². The molecule has 0 saturated heterocycles. The zero-order valence-electron chi connectivity index (χ0n) is 20.5. The number of carbonyl (C=O) groups is 2. The van der Waals surface area contributed by atoms with E-state index in [0.717, 1.165) is 27.7 Å². The van der Waals surface area contributed by atoms with Gasteiger partial charge < -0.3 is 20.5 Å². The standard InChI is InChI=1S/C29H33BrN2O4/c1-2-3-4-5-8-21-11-15-24(16-12-21)32-28(33)27(31)19-22-13-17-25(18-14-22)36-29(34)35-20-23-9-6-7-10-26(23)30/h6-7,9-18,27H,2-5,8,19-20,31H2,1H3,(H,32,33)/t27-/m0/s1. The van der Waals surface area contributed by atoms with Crippen LogP contribution < -0.4 is 15.8 Å². The van der Waals surface area contributed by atoms with Gasteiger partial charge in [-0.05, 0) is 60.7 Å². The van der Waals surface area contributed by atoms with E-state index < -0.39 is 12.2 Å². The van der Waals surface area contributed by atoms with Gasteiger partial charge in [0.2, 0.25) is 5.91 Å². The summed E-state index contributed by atoms with van der Waals surface area (Å²) in [5, 5.41) is 2.88. The maximum absolute atomic E-state index is 12.5. The highest BCUT2D eigenvalue weighted by molar-refractivity contribution is 9.10. The summed E-state index contributed by atoms with van der Waals surface area (Å²) in [6, 6.07) is 21.6. The summed E-state index contributed by atoms with van der Waals surface area (Å²) in [6.07, 6.45) is 5.53. The van der Waals surface area contributed by atoms with Crippen LogP contribution in [-0.2, 0) is 29.0 Å². The molecule has 0 spiro atoms. The Bertz CT molecular complexity index is 1120. The summed E-state index contributed by atoms with van der Waals surface area (Å²) < 4.78 is 11.2. The monoisotopic (exact) mass is 552 g/mol. The first kappa shape index (κ1) is 27.4. The first-order valence-electron chi connectivity index (χ1n) is 12.3. The van der Waals surface area contributed by atoms with Crippen molar-refractivity contribution in [2.75, 3.05) is 5.32 Å². The van der Waals surface area contributed by atoms with E-state index in [2.05, 4.69) is 40.3 Å². The second kappa shape index (κ2) is 14.4. The van der Waals surface area contributed by atoms with E-state index >= 15 is 0 Å². The number of anilines is 1. The molecule has 3 aromatic carbocycles. The molecular weight excluding hydrogens is 520 g/mol. The summed E-state index contributed by atoms with van der Waals surface area (Å²) in [7, 11) is 0. The van der Waals surface area contributed by atoms with E-state index in [1.807, 2.05) is 36.4 Å². The van der Waals surface area contributed by atoms with Crippen LogP contribution in [0.4, 0.5) is 10.5 Å². The van der Waals surface area contributed by atoms with E-state index in [0.29, 0.717) is 12.2 Å². The minimum absolute atomic E-state index is 0.101.